The number of anilines is 1. The molecule has 1 unspecified atom stereocenters. The maximum Gasteiger partial charge on any atom is 0.253 e. The second-order valence-electron chi connectivity index (χ2n) is 4.67. The molecule has 1 aliphatic heterocycles. The van der Waals surface area contributed by atoms with Gasteiger partial charge < -0.3 is 15.5 Å². The molecule has 1 saturated heterocycles. The van der Waals surface area contributed by atoms with Crippen molar-refractivity contribution in [2.45, 2.75) is 19.4 Å². The Morgan fingerprint density at radius 3 is 3.11 bits per heavy atom. The van der Waals surface area contributed by atoms with Crippen molar-refractivity contribution in [3.63, 3.8) is 0 Å². The van der Waals surface area contributed by atoms with Gasteiger partial charge in [-0.25, -0.2) is 0 Å². The summed E-state index contributed by atoms with van der Waals surface area (Å²) in [6.45, 7) is 4.74. The standard InChI is InChI=1S/C13H20N4O/c1-3-15-12-8-14-6-4-11(12)13(18)16-10-5-7-17(2)9-10/h4,6,8,10,15H,3,5,7,9H2,1-2H3,(H,16,18). The summed E-state index contributed by atoms with van der Waals surface area (Å²) in [5, 5.41) is 6.23. The minimum atomic E-state index is -0.0198. The highest BCUT2D eigenvalue weighted by Gasteiger charge is 2.22. The maximum atomic E-state index is 12.2. The van der Waals surface area contributed by atoms with E-state index in [2.05, 4.69) is 27.6 Å². The molecule has 98 valence electrons. The lowest BCUT2D eigenvalue weighted by molar-refractivity contribution is 0.0939. The Bertz CT molecular complexity index is 421. The van der Waals surface area contributed by atoms with Crippen molar-refractivity contribution in [1.29, 1.82) is 0 Å². The third-order valence-corrected chi connectivity index (χ3v) is 3.16. The Balaban J connectivity index is 2.04. The molecule has 1 amide bonds. The Morgan fingerprint density at radius 1 is 1.61 bits per heavy atom. The first kappa shape index (κ1) is 12.8. The average molecular weight is 248 g/mol. The van der Waals surface area contributed by atoms with Crippen molar-refractivity contribution in [3.8, 4) is 0 Å². The van der Waals surface area contributed by atoms with Crippen LogP contribution in [0.1, 0.15) is 23.7 Å². The van der Waals surface area contributed by atoms with E-state index in [4.69, 9.17) is 0 Å². The molecule has 1 aromatic heterocycles. The normalized spacial score (nSPS) is 19.8. The van der Waals surface area contributed by atoms with Gasteiger partial charge in [-0.05, 0) is 33.0 Å². The lowest BCUT2D eigenvalue weighted by atomic mass is 10.2. The van der Waals surface area contributed by atoms with Gasteiger partial charge >= 0.3 is 0 Å². The van der Waals surface area contributed by atoms with Gasteiger partial charge in [0.05, 0.1) is 17.4 Å². The van der Waals surface area contributed by atoms with Gasteiger partial charge in [-0.3, -0.25) is 9.78 Å². The first-order valence-corrected chi connectivity index (χ1v) is 6.38. The van der Waals surface area contributed by atoms with Crippen molar-refractivity contribution in [1.82, 2.24) is 15.2 Å². The van der Waals surface area contributed by atoms with E-state index >= 15 is 0 Å². The number of amides is 1. The van der Waals surface area contributed by atoms with E-state index in [1.807, 2.05) is 6.92 Å². The van der Waals surface area contributed by atoms with E-state index in [0.29, 0.717) is 5.56 Å². The summed E-state index contributed by atoms with van der Waals surface area (Å²) in [5.74, 6) is -0.0198. The number of nitrogens with zero attached hydrogens (tertiary/aromatic N) is 2. The summed E-state index contributed by atoms with van der Waals surface area (Å²) < 4.78 is 0. The first-order valence-electron chi connectivity index (χ1n) is 6.38. The van der Waals surface area contributed by atoms with Crippen LogP contribution >= 0.6 is 0 Å². The molecule has 1 fully saturated rings. The van der Waals surface area contributed by atoms with E-state index in [-0.39, 0.29) is 11.9 Å². The van der Waals surface area contributed by atoms with Gasteiger partial charge in [0.25, 0.3) is 5.91 Å². The molecule has 0 spiro atoms. The van der Waals surface area contributed by atoms with Crippen LogP contribution in [-0.2, 0) is 0 Å². The van der Waals surface area contributed by atoms with Gasteiger partial charge in [0.2, 0.25) is 0 Å². The molecule has 5 heteroatoms. The molecule has 0 saturated carbocycles. The lowest BCUT2D eigenvalue weighted by Gasteiger charge is -2.15. The Hall–Kier alpha value is -1.62. The van der Waals surface area contributed by atoms with Crippen molar-refractivity contribution in [2.75, 3.05) is 32.0 Å². The largest absolute Gasteiger partial charge is 0.383 e. The quantitative estimate of drug-likeness (QED) is 0.833. The molecule has 5 nitrogen and oxygen atoms in total. The lowest BCUT2D eigenvalue weighted by Crippen LogP contribution is -2.36. The van der Waals surface area contributed by atoms with Gasteiger partial charge in [-0.1, -0.05) is 0 Å². The fourth-order valence-electron chi connectivity index (χ4n) is 2.24. The van der Waals surface area contributed by atoms with Gasteiger partial charge in [0, 0.05) is 25.3 Å². The predicted octanol–water partition coefficient (Wildman–Crippen LogP) is 0.947. The number of hydrogen-bond acceptors (Lipinski definition) is 4. The molecule has 2 N–H and O–H groups in total. The summed E-state index contributed by atoms with van der Waals surface area (Å²) in [7, 11) is 2.07. The molecule has 0 aromatic carbocycles. The van der Waals surface area contributed by atoms with Gasteiger partial charge in [-0.2, -0.15) is 0 Å². The SMILES string of the molecule is CCNc1cnccc1C(=O)NC1CCN(C)C1. The molecule has 1 atom stereocenters. The van der Waals surface area contributed by atoms with Crippen molar-refractivity contribution < 1.29 is 4.79 Å². The van der Waals surface area contributed by atoms with Crippen molar-refractivity contribution in [2.24, 2.45) is 0 Å². The van der Waals surface area contributed by atoms with Crippen molar-refractivity contribution >= 4 is 11.6 Å². The first-order chi connectivity index (χ1) is 8.70. The number of aromatic nitrogens is 1. The summed E-state index contributed by atoms with van der Waals surface area (Å²) in [6, 6.07) is 2.01. The molecule has 2 heterocycles. The third-order valence-electron chi connectivity index (χ3n) is 3.16. The predicted molar refractivity (Wildman–Crippen MR) is 71.8 cm³/mol. The zero-order valence-corrected chi connectivity index (χ0v) is 10.9. The number of pyridine rings is 1. The van der Waals surface area contributed by atoms with E-state index in [1.165, 1.54) is 0 Å². The van der Waals surface area contributed by atoms with Crippen LogP contribution in [0.4, 0.5) is 5.69 Å². The van der Waals surface area contributed by atoms with E-state index < -0.39 is 0 Å². The van der Waals surface area contributed by atoms with Crippen LogP contribution in [-0.4, -0.2) is 48.5 Å². The van der Waals surface area contributed by atoms with Crippen LogP contribution in [0, 0.1) is 0 Å². The van der Waals surface area contributed by atoms with Crippen molar-refractivity contribution in [3.05, 3.63) is 24.0 Å². The van der Waals surface area contributed by atoms with E-state index in [9.17, 15) is 4.79 Å². The number of carbonyl (C=O) groups excluding carboxylic acids is 1. The minimum Gasteiger partial charge on any atom is -0.383 e. The molecule has 0 aliphatic carbocycles. The van der Waals surface area contributed by atoms with Crippen LogP contribution in [0.5, 0.6) is 0 Å². The summed E-state index contributed by atoms with van der Waals surface area (Å²) in [6.07, 6.45) is 4.36. The van der Waals surface area contributed by atoms with E-state index in [0.717, 1.165) is 31.7 Å². The van der Waals surface area contributed by atoms with E-state index in [1.54, 1.807) is 18.5 Å². The zero-order valence-electron chi connectivity index (χ0n) is 10.9. The third kappa shape index (κ3) is 2.98. The van der Waals surface area contributed by atoms with Crippen LogP contribution in [0.3, 0.4) is 0 Å². The highest BCUT2D eigenvalue weighted by molar-refractivity contribution is 5.99. The molecule has 0 bridgehead atoms. The van der Waals surface area contributed by atoms with Crippen LogP contribution < -0.4 is 10.6 Å². The Kier molecular flexibility index (Phi) is 4.15. The molecule has 1 aromatic rings. The smallest absolute Gasteiger partial charge is 0.253 e. The number of nitrogens with one attached hydrogen (secondary N) is 2. The topological polar surface area (TPSA) is 57.3 Å². The number of likely N-dealkylation sites (N-methyl/N-ethyl adjacent to an activating group) is 1. The summed E-state index contributed by atoms with van der Waals surface area (Å²) >= 11 is 0. The van der Waals surface area contributed by atoms with Crippen LogP contribution in [0.15, 0.2) is 18.5 Å². The van der Waals surface area contributed by atoms with Crippen LogP contribution in [0.2, 0.25) is 0 Å². The van der Waals surface area contributed by atoms with Gasteiger partial charge in [0.15, 0.2) is 0 Å². The average Bonchev–Trinajstić information content (AvgIpc) is 2.76. The second-order valence-corrected chi connectivity index (χ2v) is 4.67. The molecule has 18 heavy (non-hydrogen) atoms. The van der Waals surface area contributed by atoms with Gasteiger partial charge in [-0.15, -0.1) is 0 Å². The highest BCUT2D eigenvalue weighted by atomic mass is 16.1. The Morgan fingerprint density at radius 2 is 2.44 bits per heavy atom. The number of hydrogen-bond donors (Lipinski definition) is 2. The molecule has 2 rings (SSSR count). The number of carbonyl (C=O) groups is 1. The number of likely N-dealkylation sites (tertiary alicyclic amines) is 1. The molecule has 0 radical (unpaired) electrons. The minimum absolute atomic E-state index is 0.0198. The second kappa shape index (κ2) is 5.82. The highest BCUT2D eigenvalue weighted by Crippen LogP contribution is 2.14. The fourth-order valence-corrected chi connectivity index (χ4v) is 2.24. The molecular weight excluding hydrogens is 228 g/mol. The fraction of sp³-hybridized carbons (Fsp3) is 0.538. The molecule has 1 aliphatic rings. The monoisotopic (exact) mass is 248 g/mol. The summed E-state index contributed by atoms with van der Waals surface area (Å²) in [4.78, 5) is 18.5. The zero-order chi connectivity index (χ0) is 13.0. The van der Waals surface area contributed by atoms with Gasteiger partial charge in [0.1, 0.15) is 0 Å². The Labute approximate surface area is 108 Å². The number of rotatable bonds is 4. The molecular formula is C13H20N4O. The van der Waals surface area contributed by atoms with Crippen LogP contribution in [0.25, 0.3) is 0 Å². The maximum absolute atomic E-state index is 12.2. The summed E-state index contributed by atoms with van der Waals surface area (Å²) in [5.41, 5.74) is 1.46.